The molecule has 0 saturated carbocycles. The molecule has 1 aliphatic heterocycles. The standard InChI is InChI=1S/C18H30N4O3S.HI/c1-19-18(20-8-5-13-26(2,23)24)21-14-16-6-3-4-7-17(16)15-22-9-11-25-12-10-22;/h3-4,6-7H,5,8-15H2,1-2H3,(H2,19,20,21);1H. The van der Waals surface area contributed by atoms with Crippen LogP contribution in [-0.4, -0.2) is 71.2 Å². The van der Waals surface area contributed by atoms with Crippen LogP contribution in [0.25, 0.3) is 0 Å². The Hall–Kier alpha value is -0.910. The van der Waals surface area contributed by atoms with Gasteiger partial charge in [0.15, 0.2) is 5.96 Å². The monoisotopic (exact) mass is 510 g/mol. The molecule has 1 fully saturated rings. The van der Waals surface area contributed by atoms with Gasteiger partial charge in [0.25, 0.3) is 0 Å². The minimum absolute atomic E-state index is 0. The van der Waals surface area contributed by atoms with Gasteiger partial charge in [-0.1, -0.05) is 24.3 Å². The third kappa shape index (κ3) is 9.72. The fraction of sp³-hybridized carbons (Fsp3) is 0.611. The summed E-state index contributed by atoms with van der Waals surface area (Å²) in [5.41, 5.74) is 2.53. The van der Waals surface area contributed by atoms with Crippen molar-refractivity contribution in [2.45, 2.75) is 19.5 Å². The van der Waals surface area contributed by atoms with Crippen LogP contribution in [0.2, 0.25) is 0 Å². The third-order valence-electron chi connectivity index (χ3n) is 4.27. The Labute approximate surface area is 179 Å². The van der Waals surface area contributed by atoms with Gasteiger partial charge in [-0.05, 0) is 17.5 Å². The van der Waals surface area contributed by atoms with Crippen molar-refractivity contribution in [3.05, 3.63) is 35.4 Å². The Morgan fingerprint density at radius 2 is 1.85 bits per heavy atom. The summed E-state index contributed by atoms with van der Waals surface area (Å²) in [5, 5.41) is 6.47. The second-order valence-corrected chi connectivity index (χ2v) is 8.75. The number of hydrogen-bond donors (Lipinski definition) is 2. The number of morpholine rings is 1. The molecule has 9 heteroatoms. The highest BCUT2D eigenvalue weighted by Gasteiger charge is 2.12. The number of nitrogens with one attached hydrogen (secondary N) is 2. The molecule has 0 aliphatic carbocycles. The van der Waals surface area contributed by atoms with Crippen molar-refractivity contribution in [1.29, 1.82) is 0 Å². The maximum atomic E-state index is 11.2. The van der Waals surface area contributed by atoms with Crippen molar-refractivity contribution in [2.24, 2.45) is 4.99 Å². The number of benzene rings is 1. The number of ether oxygens (including phenoxy) is 1. The first-order chi connectivity index (χ1) is 12.5. The lowest BCUT2D eigenvalue weighted by Crippen LogP contribution is -2.38. The Morgan fingerprint density at radius 3 is 2.48 bits per heavy atom. The molecule has 0 spiro atoms. The number of sulfone groups is 1. The summed E-state index contributed by atoms with van der Waals surface area (Å²) in [6.45, 7) is 5.68. The van der Waals surface area contributed by atoms with E-state index >= 15 is 0 Å². The second kappa shape index (κ2) is 12.5. The lowest BCUT2D eigenvalue weighted by molar-refractivity contribution is 0.0341. The smallest absolute Gasteiger partial charge is 0.191 e. The molecule has 0 aromatic heterocycles. The van der Waals surface area contributed by atoms with Crippen LogP contribution in [0.3, 0.4) is 0 Å². The molecular weight excluding hydrogens is 479 g/mol. The van der Waals surface area contributed by atoms with Gasteiger partial charge in [0.2, 0.25) is 0 Å². The van der Waals surface area contributed by atoms with E-state index in [1.807, 2.05) is 6.07 Å². The van der Waals surface area contributed by atoms with E-state index in [1.54, 1.807) is 7.05 Å². The molecule has 0 unspecified atom stereocenters. The highest BCUT2D eigenvalue weighted by molar-refractivity contribution is 14.0. The number of nitrogens with zero attached hydrogens (tertiary/aromatic N) is 2. The van der Waals surface area contributed by atoms with Gasteiger partial charge in [0, 0.05) is 46.0 Å². The fourth-order valence-electron chi connectivity index (χ4n) is 2.83. The zero-order valence-electron chi connectivity index (χ0n) is 16.1. The second-order valence-electron chi connectivity index (χ2n) is 6.49. The highest BCUT2D eigenvalue weighted by Crippen LogP contribution is 2.12. The maximum absolute atomic E-state index is 11.2. The maximum Gasteiger partial charge on any atom is 0.191 e. The summed E-state index contributed by atoms with van der Waals surface area (Å²) in [7, 11) is -1.20. The van der Waals surface area contributed by atoms with Crippen LogP contribution in [0, 0.1) is 0 Å². The molecule has 0 bridgehead atoms. The largest absolute Gasteiger partial charge is 0.379 e. The fourth-order valence-corrected chi connectivity index (χ4v) is 3.49. The van der Waals surface area contributed by atoms with Crippen LogP contribution in [0.15, 0.2) is 29.3 Å². The number of rotatable bonds is 8. The summed E-state index contributed by atoms with van der Waals surface area (Å²) in [6.07, 6.45) is 1.82. The Kier molecular flexibility index (Phi) is 11.2. The zero-order valence-corrected chi connectivity index (χ0v) is 19.3. The van der Waals surface area contributed by atoms with Gasteiger partial charge < -0.3 is 15.4 Å². The minimum Gasteiger partial charge on any atom is -0.379 e. The first kappa shape index (κ1) is 24.1. The van der Waals surface area contributed by atoms with Crippen molar-refractivity contribution in [3.8, 4) is 0 Å². The first-order valence-corrected chi connectivity index (χ1v) is 11.0. The van der Waals surface area contributed by atoms with Crippen LogP contribution in [0.5, 0.6) is 0 Å². The van der Waals surface area contributed by atoms with E-state index in [0.717, 1.165) is 32.8 Å². The van der Waals surface area contributed by atoms with Crippen molar-refractivity contribution in [1.82, 2.24) is 15.5 Å². The molecule has 2 N–H and O–H groups in total. The average molecular weight is 510 g/mol. The lowest BCUT2D eigenvalue weighted by atomic mass is 10.1. The van der Waals surface area contributed by atoms with Gasteiger partial charge in [0.1, 0.15) is 9.84 Å². The van der Waals surface area contributed by atoms with Crippen molar-refractivity contribution >= 4 is 39.8 Å². The number of hydrogen-bond acceptors (Lipinski definition) is 5. The molecule has 7 nitrogen and oxygen atoms in total. The van der Waals surface area contributed by atoms with Gasteiger partial charge in [0.05, 0.1) is 19.0 Å². The number of halogens is 1. The summed E-state index contributed by atoms with van der Waals surface area (Å²) < 4.78 is 27.8. The van der Waals surface area contributed by atoms with E-state index in [0.29, 0.717) is 25.5 Å². The van der Waals surface area contributed by atoms with Gasteiger partial charge in [-0.15, -0.1) is 24.0 Å². The van der Waals surface area contributed by atoms with E-state index in [1.165, 1.54) is 17.4 Å². The van der Waals surface area contributed by atoms with Crippen molar-refractivity contribution < 1.29 is 13.2 Å². The van der Waals surface area contributed by atoms with E-state index < -0.39 is 9.84 Å². The van der Waals surface area contributed by atoms with Gasteiger partial charge in [-0.25, -0.2) is 8.42 Å². The molecule has 1 heterocycles. The number of aliphatic imine (C=N–C) groups is 1. The summed E-state index contributed by atoms with van der Waals surface area (Å²) >= 11 is 0. The molecule has 27 heavy (non-hydrogen) atoms. The molecule has 1 saturated heterocycles. The minimum atomic E-state index is -2.92. The molecule has 1 aromatic carbocycles. The summed E-state index contributed by atoms with van der Waals surface area (Å²) in [4.78, 5) is 6.60. The van der Waals surface area contributed by atoms with Gasteiger partial charge in [-0.2, -0.15) is 0 Å². The zero-order chi connectivity index (χ0) is 18.8. The van der Waals surface area contributed by atoms with E-state index in [2.05, 4.69) is 38.7 Å². The van der Waals surface area contributed by atoms with E-state index in [-0.39, 0.29) is 29.7 Å². The Bertz CT molecular complexity index is 692. The van der Waals surface area contributed by atoms with Crippen LogP contribution >= 0.6 is 24.0 Å². The van der Waals surface area contributed by atoms with Crippen LogP contribution < -0.4 is 10.6 Å². The number of guanidine groups is 1. The Balaban J connectivity index is 0.00000364. The molecule has 1 aliphatic rings. The highest BCUT2D eigenvalue weighted by atomic mass is 127. The average Bonchev–Trinajstić information content (AvgIpc) is 2.62. The molecule has 0 atom stereocenters. The molecule has 0 amide bonds. The summed E-state index contributed by atoms with van der Waals surface area (Å²) in [5.74, 6) is 0.860. The predicted octanol–water partition coefficient (Wildman–Crippen LogP) is 1.24. The first-order valence-electron chi connectivity index (χ1n) is 8.97. The van der Waals surface area contributed by atoms with Crippen LogP contribution in [-0.2, 0) is 27.7 Å². The molecule has 0 radical (unpaired) electrons. The third-order valence-corrected chi connectivity index (χ3v) is 5.30. The lowest BCUT2D eigenvalue weighted by Gasteiger charge is -2.27. The molecule has 2 rings (SSSR count). The van der Waals surface area contributed by atoms with Crippen LogP contribution in [0.1, 0.15) is 17.5 Å². The van der Waals surface area contributed by atoms with Gasteiger partial charge in [-0.3, -0.25) is 9.89 Å². The molecular formula is C18H31IN4O3S. The normalized spacial score (nSPS) is 15.9. The van der Waals surface area contributed by atoms with E-state index in [9.17, 15) is 8.42 Å². The predicted molar refractivity (Wildman–Crippen MR) is 120 cm³/mol. The quantitative estimate of drug-likeness (QED) is 0.237. The van der Waals surface area contributed by atoms with Crippen molar-refractivity contribution in [3.63, 3.8) is 0 Å². The molecule has 1 aromatic rings. The van der Waals surface area contributed by atoms with E-state index in [4.69, 9.17) is 4.74 Å². The topological polar surface area (TPSA) is 83.0 Å². The van der Waals surface area contributed by atoms with Gasteiger partial charge >= 0.3 is 0 Å². The van der Waals surface area contributed by atoms with Crippen LogP contribution in [0.4, 0.5) is 0 Å². The van der Waals surface area contributed by atoms with Crippen molar-refractivity contribution in [2.75, 3.05) is 51.9 Å². The Morgan fingerprint density at radius 1 is 1.19 bits per heavy atom. The summed E-state index contributed by atoms with van der Waals surface area (Å²) in [6, 6.07) is 8.40. The SMILES string of the molecule is CN=C(NCCCS(C)(=O)=O)NCc1ccccc1CN1CCOCC1.I. The molecule has 154 valence electrons.